The first kappa shape index (κ1) is 22.6. The lowest BCUT2D eigenvalue weighted by Gasteiger charge is -2.34. The van der Waals surface area contributed by atoms with Crippen molar-refractivity contribution < 1.29 is 14.4 Å². The number of rotatable bonds is 5. The SMILES string of the molecule is CN1CCN(c2ccc(NC(=O)C3CCCCC3CN3C(=O)c4ccccc4C3=O)cc2)CC1. The van der Waals surface area contributed by atoms with Crippen molar-refractivity contribution in [3.05, 3.63) is 59.7 Å². The maximum atomic E-state index is 13.2. The zero-order valence-corrected chi connectivity index (χ0v) is 19.7. The fraction of sp³-hybridized carbons (Fsp3) is 0.444. The maximum absolute atomic E-state index is 13.2. The monoisotopic (exact) mass is 460 g/mol. The van der Waals surface area contributed by atoms with Crippen molar-refractivity contribution in [3.8, 4) is 0 Å². The molecule has 1 saturated carbocycles. The van der Waals surface area contributed by atoms with E-state index in [9.17, 15) is 14.4 Å². The van der Waals surface area contributed by atoms with Crippen LogP contribution in [0.2, 0.25) is 0 Å². The zero-order valence-electron chi connectivity index (χ0n) is 19.7. The molecule has 0 spiro atoms. The Labute approximate surface area is 200 Å². The van der Waals surface area contributed by atoms with Gasteiger partial charge in [0.1, 0.15) is 0 Å². The molecule has 0 radical (unpaired) electrons. The number of fused-ring (bicyclic) bond motifs is 1. The predicted octanol–water partition coefficient (Wildman–Crippen LogP) is 3.48. The molecule has 5 rings (SSSR count). The summed E-state index contributed by atoms with van der Waals surface area (Å²) >= 11 is 0. The lowest BCUT2D eigenvalue weighted by molar-refractivity contribution is -0.122. The number of nitrogens with zero attached hydrogens (tertiary/aromatic N) is 3. The van der Waals surface area contributed by atoms with E-state index in [4.69, 9.17) is 0 Å². The number of anilines is 2. The third kappa shape index (κ3) is 4.44. The molecule has 2 aromatic carbocycles. The van der Waals surface area contributed by atoms with E-state index in [-0.39, 0.29) is 29.6 Å². The molecule has 1 aliphatic carbocycles. The molecule has 1 N–H and O–H groups in total. The molecule has 2 fully saturated rings. The van der Waals surface area contributed by atoms with Crippen molar-refractivity contribution in [2.75, 3.05) is 50.0 Å². The second-order valence-electron chi connectivity index (χ2n) is 9.74. The molecule has 2 atom stereocenters. The maximum Gasteiger partial charge on any atom is 0.261 e. The van der Waals surface area contributed by atoms with E-state index < -0.39 is 0 Å². The minimum atomic E-state index is -0.246. The minimum Gasteiger partial charge on any atom is -0.369 e. The Morgan fingerprint density at radius 3 is 2.15 bits per heavy atom. The first-order valence-electron chi connectivity index (χ1n) is 12.3. The molecule has 0 aromatic heterocycles. The van der Waals surface area contributed by atoms with Crippen molar-refractivity contribution in [1.29, 1.82) is 0 Å². The van der Waals surface area contributed by atoms with Crippen LogP contribution in [0.1, 0.15) is 46.4 Å². The summed E-state index contributed by atoms with van der Waals surface area (Å²) in [6.07, 6.45) is 3.61. The van der Waals surface area contributed by atoms with Gasteiger partial charge in [0.05, 0.1) is 11.1 Å². The fourth-order valence-corrected chi connectivity index (χ4v) is 5.47. The van der Waals surface area contributed by atoms with Crippen LogP contribution in [0.25, 0.3) is 0 Å². The summed E-state index contributed by atoms with van der Waals surface area (Å²) in [6, 6.07) is 15.0. The van der Waals surface area contributed by atoms with Crippen molar-refractivity contribution in [1.82, 2.24) is 9.80 Å². The summed E-state index contributed by atoms with van der Waals surface area (Å²) in [4.78, 5) is 44.9. The van der Waals surface area contributed by atoms with Crippen molar-refractivity contribution in [2.45, 2.75) is 25.7 Å². The standard InChI is InChI=1S/C27H32N4O3/c1-29-14-16-30(17-15-29)21-12-10-20(11-13-21)28-25(32)22-7-3-2-6-19(22)18-31-26(33)23-8-4-5-9-24(23)27(31)34/h4-5,8-13,19,22H,2-3,6-7,14-18H2,1H3,(H,28,32). The Morgan fingerprint density at radius 2 is 1.50 bits per heavy atom. The van der Waals surface area contributed by atoms with Gasteiger partial charge < -0.3 is 15.1 Å². The van der Waals surface area contributed by atoms with E-state index in [1.165, 1.54) is 10.6 Å². The second-order valence-corrected chi connectivity index (χ2v) is 9.74. The molecule has 7 heteroatoms. The van der Waals surface area contributed by atoms with Gasteiger partial charge in [-0.05, 0) is 62.2 Å². The number of piperazine rings is 1. The van der Waals surface area contributed by atoms with Crippen LogP contribution in [0, 0.1) is 11.8 Å². The van der Waals surface area contributed by atoms with Crippen molar-refractivity contribution in [2.24, 2.45) is 11.8 Å². The number of carbonyl (C=O) groups excluding carboxylic acids is 3. The number of carbonyl (C=O) groups is 3. The Morgan fingerprint density at radius 1 is 0.882 bits per heavy atom. The topological polar surface area (TPSA) is 73.0 Å². The molecule has 34 heavy (non-hydrogen) atoms. The summed E-state index contributed by atoms with van der Waals surface area (Å²) in [5.74, 6) is -0.751. The van der Waals surface area contributed by atoms with Crippen LogP contribution in [-0.2, 0) is 4.79 Å². The summed E-state index contributed by atoms with van der Waals surface area (Å²) in [7, 11) is 2.14. The first-order chi connectivity index (χ1) is 16.5. The highest BCUT2D eigenvalue weighted by molar-refractivity contribution is 6.21. The van der Waals surface area contributed by atoms with Gasteiger partial charge in [0.15, 0.2) is 0 Å². The minimum absolute atomic E-state index is 0.0198. The summed E-state index contributed by atoms with van der Waals surface area (Å²) < 4.78 is 0. The molecular formula is C27H32N4O3. The van der Waals surface area contributed by atoms with E-state index in [0.717, 1.165) is 57.5 Å². The number of hydrogen-bond acceptors (Lipinski definition) is 5. The summed E-state index contributed by atoms with van der Waals surface area (Å²) in [5, 5.41) is 3.09. The lowest BCUT2D eigenvalue weighted by Crippen LogP contribution is -2.44. The highest BCUT2D eigenvalue weighted by Gasteiger charge is 2.40. The molecule has 3 aliphatic rings. The van der Waals surface area contributed by atoms with Crippen molar-refractivity contribution in [3.63, 3.8) is 0 Å². The Balaban J connectivity index is 1.23. The zero-order chi connectivity index (χ0) is 23.7. The molecular weight excluding hydrogens is 428 g/mol. The number of likely N-dealkylation sites (N-methyl/N-ethyl adjacent to an activating group) is 1. The van der Waals surface area contributed by atoms with E-state index in [0.29, 0.717) is 17.7 Å². The van der Waals surface area contributed by atoms with Gasteiger partial charge in [0.2, 0.25) is 5.91 Å². The van der Waals surface area contributed by atoms with Crippen LogP contribution >= 0.6 is 0 Å². The van der Waals surface area contributed by atoms with E-state index >= 15 is 0 Å². The molecule has 2 aliphatic heterocycles. The summed E-state index contributed by atoms with van der Waals surface area (Å²) in [6.45, 7) is 4.41. The van der Waals surface area contributed by atoms with Gasteiger partial charge in [-0.15, -0.1) is 0 Å². The van der Waals surface area contributed by atoms with Gasteiger partial charge in [0.25, 0.3) is 11.8 Å². The number of nitrogens with one attached hydrogen (secondary N) is 1. The van der Waals surface area contributed by atoms with E-state index in [2.05, 4.69) is 34.3 Å². The number of benzene rings is 2. The third-order valence-electron chi connectivity index (χ3n) is 7.54. The third-order valence-corrected chi connectivity index (χ3v) is 7.54. The molecule has 0 bridgehead atoms. The van der Waals surface area contributed by atoms with Crippen LogP contribution in [0.5, 0.6) is 0 Å². The molecule has 7 nitrogen and oxygen atoms in total. The Kier molecular flexibility index (Phi) is 6.37. The Hall–Kier alpha value is -3.19. The molecule has 2 unspecified atom stereocenters. The van der Waals surface area contributed by atoms with Gasteiger partial charge in [-0.3, -0.25) is 19.3 Å². The number of hydrogen-bond donors (Lipinski definition) is 1. The van der Waals surface area contributed by atoms with Crippen LogP contribution < -0.4 is 10.2 Å². The Bertz CT molecular complexity index is 1040. The lowest BCUT2D eigenvalue weighted by atomic mass is 9.78. The second kappa shape index (κ2) is 9.58. The first-order valence-corrected chi connectivity index (χ1v) is 12.3. The average Bonchev–Trinajstić information content (AvgIpc) is 3.10. The summed E-state index contributed by atoms with van der Waals surface area (Å²) in [5.41, 5.74) is 2.88. The van der Waals surface area contributed by atoms with Gasteiger partial charge in [0, 0.05) is 50.0 Å². The van der Waals surface area contributed by atoms with Gasteiger partial charge >= 0.3 is 0 Å². The van der Waals surface area contributed by atoms with Crippen LogP contribution in [-0.4, -0.2) is 67.3 Å². The van der Waals surface area contributed by atoms with Gasteiger partial charge in [-0.2, -0.15) is 0 Å². The molecule has 1 saturated heterocycles. The highest BCUT2D eigenvalue weighted by atomic mass is 16.2. The van der Waals surface area contributed by atoms with Crippen molar-refractivity contribution >= 4 is 29.1 Å². The van der Waals surface area contributed by atoms with Crippen LogP contribution in [0.15, 0.2) is 48.5 Å². The largest absolute Gasteiger partial charge is 0.369 e. The van der Waals surface area contributed by atoms with Gasteiger partial charge in [-0.1, -0.05) is 25.0 Å². The number of amides is 3. The smallest absolute Gasteiger partial charge is 0.261 e. The quantitative estimate of drug-likeness (QED) is 0.692. The molecule has 2 aromatic rings. The van der Waals surface area contributed by atoms with Gasteiger partial charge in [-0.25, -0.2) is 0 Å². The fourth-order valence-electron chi connectivity index (χ4n) is 5.47. The van der Waals surface area contributed by atoms with Crippen LogP contribution in [0.4, 0.5) is 11.4 Å². The van der Waals surface area contributed by atoms with Crippen LogP contribution in [0.3, 0.4) is 0 Å². The average molecular weight is 461 g/mol. The number of imide groups is 1. The predicted molar refractivity (Wildman–Crippen MR) is 132 cm³/mol. The molecule has 3 amide bonds. The van der Waals surface area contributed by atoms with E-state index in [1.807, 2.05) is 12.1 Å². The van der Waals surface area contributed by atoms with E-state index in [1.54, 1.807) is 24.3 Å². The molecule has 2 heterocycles. The normalized spacial score (nSPS) is 23.2. The molecule has 178 valence electrons. The highest BCUT2D eigenvalue weighted by Crippen LogP contribution is 2.34.